The maximum Gasteiger partial charge on any atom is 0.124 e. The van der Waals surface area contributed by atoms with Crippen LogP contribution in [0, 0.1) is 0 Å². The standard InChI is InChI=1S/C12H19NO2S/c1-9(13-6-3-7-16-2)11-5-4-10(14)8-12(11)15/h4-5,8-9,13-15H,3,6-7H2,1-2H3. The molecule has 0 aliphatic carbocycles. The minimum Gasteiger partial charge on any atom is -0.508 e. The first-order valence-electron chi connectivity index (χ1n) is 5.39. The Kier molecular flexibility index (Phi) is 5.49. The van der Waals surface area contributed by atoms with Crippen LogP contribution in [0.15, 0.2) is 18.2 Å². The number of benzene rings is 1. The molecule has 4 heteroatoms. The monoisotopic (exact) mass is 241 g/mol. The lowest BCUT2D eigenvalue weighted by Crippen LogP contribution is -2.20. The van der Waals surface area contributed by atoms with Gasteiger partial charge in [-0.1, -0.05) is 6.07 Å². The van der Waals surface area contributed by atoms with E-state index in [0.29, 0.717) is 0 Å². The van der Waals surface area contributed by atoms with E-state index < -0.39 is 0 Å². The van der Waals surface area contributed by atoms with Crippen LogP contribution in [0.4, 0.5) is 0 Å². The highest BCUT2D eigenvalue weighted by molar-refractivity contribution is 7.98. The minimum absolute atomic E-state index is 0.0934. The second-order valence-electron chi connectivity index (χ2n) is 3.77. The summed E-state index contributed by atoms with van der Waals surface area (Å²) in [6.07, 6.45) is 3.21. The van der Waals surface area contributed by atoms with Crippen molar-refractivity contribution in [1.29, 1.82) is 0 Å². The Morgan fingerprint density at radius 2 is 2.12 bits per heavy atom. The van der Waals surface area contributed by atoms with Crippen molar-refractivity contribution in [2.75, 3.05) is 18.6 Å². The van der Waals surface area contributed by atoms with Gasteiger partial charge in [0.1, 0.15) is 11.5 Å². The van der Waals surface area contributed by atoms with Gasteiger partial charge in [-0.2, -0.15) is 11.8 Å². The molecule has 0 aromatic heterocycles. The first-order valence-corrected chi connectivity index (χ1v) is 6.78. The normalized spacial score (nSPS) is 12.6. The van der Waals surface area contributed by atoms with Gasteiger partial charge in [0, 0.05) is 17.7 Å². The van der Waals surface area contributed by atoms with E-state index in [2.05, 4.69) is 11.6 Å². The zero-order chi connectivity index (χ0) is 12.0. The number of nitrogens with one attached hydrogen (secondary N) is 1. The van der Waals surface area contributed by atoms with Gasteiger partial charge in [0.05, 0.1) is 0 Å². The largest absolute Gasteiger partial charge is 0.508 e. The smallest absolute Gasteiger partial charge is 0.124 e. The van der Waals surface area contributed by atoms with Gasteiger partial charge in [-0.05, 0) is 38.0 Å². The lowest BCUT2D eigenvalue weighted by molar-refractivity contribution is 0.436. The molecule has 16 heavy (non-hydrogen) atoms. The molecule has 3 N–H and O–H groups in total. The molecule has 0 aliphatic rings. The Labute approximate surface area is 101 Å². The van der Waals surface area contributed by atoms with Crippen molar-refractivity contribution in [3.05, 3.63) is 23.8 Å². The van der Waals surface area contributed by atoms with Crippen LogP contribution in [0.2, 0.25) is 0 Å². The highest BCUT2D eigenvalue weighted by atomic mass is 32.2. The minimum atomic E-state index is 0.0934. The quantitative estimate of drug-likeness (QED) is 0.670. The van der Waals surface area contributed by atoms with Crippen LogP contribution in [-0.2, 0) is 0 Å². The van der Waals surface area contributed by atoms with Crippen molar-refractivity contribution in [2.24, 2.45) is 0 Å². The van der Waals surface area contributed by atoms with Gasteiger partial charge in [0.25, 0.3) is 0 Å². The second kappa shape index (κ2) is 6.66. The Bertz CT molecular complexity index is 331. The fourth-order valence-electron chi connectivity index (χ4n) is 1.54. The summed E-state index contributed by atoms with van der Waals surface area (Å²) in [6.45, 7) is 2.94. The van der Waals surface area contributed by atoms with E-state index in [-0.39, 0.29) is 17.5 Å². The van der Waals surface area contributed by atoms with Crippen LogP contribution in [0.3, 0.4) is 0 Å². The predicted molar refractivity (Wildman–Crippen MR) is 69.2 cm³/mol. The molecule has 0 heterocycles. The summed E-state index contributed by atoms with van der Waals surface area (Å²) in [4.78, 5) is 0. The lowest BCUT2D eigenvalue weighted by atomic mass is 10.1. The zero-order valence-electron chi connectivity index (χ0n) is 9.73. The summed E-state index contributed by atoms with van der Waals surface area (Å²) in [6, 6.07) is 4.81. The molecule has 1 unspecified atom stereocenters. The molecule has 1 rings (SSSR count). The van der Waals surface area contributed by atoms with E-state index >= 15 is 0 Å². The van der Waals surface area contributed by atoms with Crippen molar-refractivity contribution >= 4 is 11.8 Å². The van der Waals surface area contributed by atoms with E-state index in [1.165, 1.54) is 6.07 Å². The number of phenols is 2. The number of hydrogen-bond acceptors (Lipinski definition) is 4. The molecule has 1 atom stereocenters. The molecule has 0 spiro atoms. The molecule has 0 radical (unpaired) electrons. The fraction of sp³-hybridized carbons (Fsp3) is 0.500. The Hall–Kier alpha value is -0.870. The third-order valence-corrected chi connectivity index (χ3v) is 3.15. The average molecular weight is 241 g/mol. The summed E-state index contributed by atoms with van der Waals surface area (Å²) >= 11 is 1.83. The fourth-order valence-corrected chi connectivity index (χ4v) is 1.98. The molecular weight excluding hydrogens is 222 g/mol. The van der Waals surface area contributed by atoms with Gasteiger partial charge in [0.15, 0.2) is 0 Å². The lowest BCUT2D eigenvalue weighted by Gasteiger charge is -2.15. The van der Waals surface area contributed by atoms with E-state index in [4.69, 9.17) is 0 Å². The van der Waals surface area contributed by atoms with Crippen molar-refractivity contribution in [2.45, 2.75) is 19.4 Å². The zero-order valence-corrected chi connectivity index (χ0v) is 10.5. The molecule has 1 aromatic rings. The summed E-state index contributed by atoms with van der Waals surface area (Å²) in [5, 5.41) is 22.2. The first kappa shape index (κ1) is 13.2. The van der Waals surface area contributed by atoms with E-state index in [1.807, 2.05) is 18.7 Å². The van der Waals surface area contributed by atoms with Crippen LogP contribution < -0.4 is 5.32 Å². The van der Waals surface area contributed by atoms with E-state index in [9.17, 15) is 10.2 Å². The molecule has 0 amide bonds. The number of hydrogen-bond donors (Lipinski definition) is 3. The summed E-state index contributed by atoms with van der Waals surface area (Å²) in [7, 11) is 0. The maximum atomic E-state index is 9.66. The van der Waals surface area contributed by atoms with Crippen LogP contribution in [0.5, 0.6) is 11.5 Å². The molecule has 0 aliphatic heterocycles. The Morgan fingerprint density at radius 1 is 1.38 bits per heavy atom. The predicted octanol–water partition coefficient (Wildman–Crippen LogP) is 2.50. The Morgan fingerprint density at radius 3 is 2.75 bits per heavy atom. The first-order chi connectivity index (χ1) is 7.65. The third-order valence-electron chi connectivity index (χ3n) is 2.46. The van der Waals surface area contributed by atoms with Gasteiger partial charge >= 0.3 is 0 Å². The van der Waals surface area contributed by atoms with Crippen LogP contribution in [-0.4, -0.2) is 28.8 Å². The molecule has 0 fully saturated rings. The topological polar surface area (TPSA) is 52.5 Å². The summed E-state index contributed by atoms with van der Waals surface area (Å²) in [5.74, 6) is 1.38. The SMILES string of the molecule is CSCCCNC(C)c1ccc(O)cc1O. The highest BCUT2D eigenvalue weighted by Gasteiger charge is 2.09. The number of rotatable bonds is 6. The number of thioether (sulfide) groups is 1. The highest BCUT2D eigenvalue weighted by Crippen LogP contribution is 2.27. The van der Waals surface area contributed by atoms with Gasteiger partial charge in [-0.3, -0.25) is 0 Å². The molecule has 0 bridgehead atoms. The van der Waals surface area contributed by atoms with Crippen molar-refractivity contribution in [3.63, 3.8) is 0 Å². The molecular formula is C12H19NO2S. The van der Waals surface area contributed by atoms with Crippen LogP contribution in [0.25, 0.3) is 0 Å². The number of aromatic hydroxyl groups is 2. The van der Waals surface area contributed by atoms with Gasteiger partial charge in [-0.25, -0.2) is 0 Å². The van der Waals surface area contributed by atoms with Gasteiger partial charge in [-0.15, -0.1) is 0 Å². The molecule has 0 saturated heterocycles. The third kappa shape index (κ3) is 3.94. The summed E-state index contributed by atoms with van der Waals surface area (Å²) < 4.78 is 0. The van der Waals surface area contributed by atoms with Crippen LogP contribution in [0.1, 0.15) is 24.9 Å². The molecule has 90 valence electrons. The van der Waals surface area contributed by atoms with Crippen molar-refractivity contribution in [1.82, 2.24) is 5.32 Å². The molecule has 1 aromatic carbocycles. The maximum absolute atomic E-state index is 9.66. The molecule has 0 saturated carbocycles. The van der Waals surface area contributed by atoms with Gasteiger partial charge < -0.3 is 15.5 Å². The van der Waals surface area contributed by atoms with E-state index in [1.54, 1.807) is 12.1 Å². The Balaban J connectivity index is 2.49. The second-order valence-corrected chi connectivity index (χ2v) is 4.75. The van der Waals surface area contributed by atoms with Crippen molar-refractivity contribution in [3.8, 4) is 11.5 Å². The average Bonchev–Trinajstić information content (AvgIpc) is 2.24. The number of phenolic OH excluding ortho intramolecular Hbond substituents is 2. The molecule has 3 nitrogen and oxygen atoms in total. The van der Waals surface area contributed by atoms with Gasteiger partial charge in [0.2, 0.25) is 0 Å². The van der Waals surface area contributed by atoms with E-state index in [0.717, 1.165) is 24.3 Å². The van der Waals surface area contributed by atoms with Crippen molar-refractivity contribution < 1.29 is 10.2 Å². The van der Waals surface area contributed by atoms with Crippen LogP contribution >= 0.6 is 11.8 Å². The summed E-state index contributed by atoms with van der Waals surface area (Å²) in [5.41, 5.74) is 0.821.